The highest BCUT2D eigenvalue weighted by Crippen LogP contribution is 2.15. The first-order valence-corrected chi connectivity index (χ1v) is 8.78. The molecule has 1 N–H and O–H groups in total. The van der Waals surface area contributed by atoms with E-state index in [0.29, 0.717) is 24.6 Å². The molecule has 0 spiro atoms. The molecule has 2 aromatic rings. The number of benzene rings is 2. The molecule has 0 bridgehead atoms. The van der Waals surface area contributed by atoms with E-state index in [1.54, 1.807) is 12.1 Å². The maximum Gasteiger partial charge on any atom is 0.240 e. The van der Waals surface area contributed by atoms with Crippen molar-refractivity contribution in [3.05, 3.63) is 59.1 Å². The predicted octanol–water partition coefficient (Wildman–Crippen LogP) is 3.40. The molecule has 2 rings (SSSR count). The van der Waals surface area contributed by atoms with Crippen LogP contribution in [0.4, 0.5) is 0 Å². The van der Waals surface area contributed by atoms with Gasteiger partial charge in [0.1, 0.15) is 5.75 Å². The summed E-state index contributed by atoms with van der Waals surface area (Å²) in [6.07, 6.45) is 0.577. The highest BCUT2D eigenvalue weighted by molar-refractivity contribution is 7.89. The Morgan fingerprint density at radius 2 is 1.91 bits per heavy atom. The topological polar surface area (TPSA) is 55.4 Å². The van der Waals surface area contributed by atoms with Gasteiger partial charge in [0, 0.05) is 11.6 Å². The van der Waals surface area contributed by atoms with Gasteiger partial charge >= 0.3 is 0 Å². The second kappa shape index (κ2) is 7.63. The number of halogens is 1. The number of nitrogens with one attached hydrogen (secondary N) is 1. The fraction of sp³-hybridized carbons (Fsp3) is 0.250. The number of hydrogen-bond acceptors (Lipinski definition) is 3. The van der Waals surface area contributed by atoms with Gasteiger partial charge in [0.25, 0.3) is 0 Å². The fourth-order valence-corrected chi connectivity index (χ4v) is 3.27. The van der Waals surface area contributed by atoms with E-state index in [4.69, 9.17) is 16.3 Å². The number of hydrogen-bond donors (Lipinski definition) is 1. The smallest absolute Gasteiger partial charge is 0.240 e. The Morgan fingerprint density at radius 3 is 2.64 bits per heavy atom. The Hall–Kier alpha value is -1.56. The van der Waals surface area contributed by atoms with E-state index in [0.717, 1.165) is 11.3 Å². The molecule has 0 amide bonds. The zero-order valence-electron chi connectivity index (χ0n) is 12.3. The number of sulfonamides is 1. The minimum absolute atomic E-state index is 0.166. The summed E-state index contributed by atoms with van der Waals surface area (Å²) in [6, 6.07) is 13.9. The SMILES string of the molecule is Cc1cccc(OCCCNS(=O)(=O)c2cccc(Cl)c2)c1. The van der Waals surface area contributed by atoms with Crippen LogP contribution < -0.4 is 9.46 Å². The average molecular weight is 340 g/mol. The lowest BCUT2D eigenvalue weighted by molar-refractivity contribution is 0.311. The molecule has 0 radical (unpaired) electrons. The molecular weight excluding hydrogens is 322 g/mol. The van der Waals surface area contributed by atoms with E-state index in [1.165, 1.54) is 12.1 Å². The van der Waals surface area contributed by atoms with Crippen molar-refractivity contribution in [1.82, 2.24) is 4.72 Å². The summed E-state index contributed by atoms with van der Waals surface area (Å²) >= 11 is 5.80. The molecule has 0 fully saturated rings. The first-order chi connectivity index (χ1) is 10.5. The van der Waals surface area contributed by atoms with Gasteiger partial charge in [0.05, 0.1) is 11.5 Å². The molecule has 0 aliphatic heterocycles. The minimum Gasteiger partial charge on any atom is -0.494 e. The third-order valence-corrected chi connectivity index (χ3v) is 4.67. The Kier molecular flexibility index (Phi) is 5.83. The molecule has 0 aromatic heterocycles. The van der Waals surface area contributed by atoms with Crippen LogP contribution in [0.3, 0.4) is 0 Å². The van der Waals surface area contributed by atoms with Crippen LogP contribution in [0.15, 0.2) is 53.4 Å². The zero-order valence-corrected chi connectivity index (χ0v) is 13.8. The highest BCUT2D eigenvalue weighted by atomic mass is 35.5. The van der Waals surface area contributed by atoms with Crippen LogP contribution >= 0.6 is 11.6 Å². The summed E-state index contributed by atoms with van der Waals surface area (Å²) in [6.45, 7) is 2.74. The molecule has 2 aromatic carbocycles. The molecule has 0 saturated carbocycles. The second-order valence-corrected chi connectivity index (χ2v) is 7.08. The molecule has 118 valence electrons. The van der Waals surface area contributed by atoms with Gasteiger partial charge in [-0.1, -0.05) is 29.8 Å². The Labute approximate surface area is 136 Å². The van der Waals surface area contributed by atoms with Gasteiger partial charge in [0.2, 0.25) is 10.0 Å². The lowest BCUT2D eigenvalue weighted by atomic mass is 10.2. The van der Waals surface area contributed by atoms with E-state index in [-0.39, 0.29) is 4.90 Å². The van der Waals surface area contributed by atoms with E-state index in [1.807, 2.05) is 31.2 Å². The first kappa shape index (κ1) is 16.8. The molecule has 4 nitrogen and oxygen atoms in total. The molecule has 6 heteroatoms. The maximum absolute atomic E-state index is 12.1. The van der Waals surface area contributed by atoms with Crippen molar-refractivity contribution in [1.29, 1.82) is 0 Å². The van der Waals surface area contributed by atoms with Gasteiger partial charge in [-0.2, -0.15) is 0 Å². The van der Waals surface area contributed by atoms with Crippen molar-refractivity contribution >= 4 is 21.6 Å². The van der Waals surface area contributed by atoms with Crippen LogP contribution in [0.25, 0.3) is 0 Å². The number of rotatable bonds is 7. The third kappa shape index (κ3) is 5.02. The quantitative estimate of drug-likeness (QED) is 0.787. The summed E-state index contributed by atoms with van der Waals surface area (Å²) in [5.74, 6) is 0.790. The van der Waals surface area contributed by atoms with Crippen LogP contribution in [0.2, 0.25) is 5.02 Å². The Morgan fingerprint density at radius 1 is 1.14 bits per heavy atom. The summed E-state index contributed by atoms with van der Waals surface area (Å²) in [7, 11) is -3.52. The third-order valence-electron chi connectivity index (χ3n) is 2.98. The summed E-state index contributed by atoms with van der Waals surface area (Å²) in [4.78, 5) is 0.166. The van der Waals surface area contributed by atoms with E-state index >= 15 is 0 Å². The highest BCUT2D eigenvalue weighted by Gasteiger charge is 2.13. The molecule has 0 unspecified atom stereocenters. The van der Waals surface area contributed by atoms with Gasteiger partial charge < -0.3 is 4.74 Å². The van der Waals surface area contributed by atoms with Crippen molar-refractivity contribution in [2.45, 2.75) is 18.2 Å². The number of ether oxygens (including phenoxy) is 1. The maximum atomic E-state index is 12.1. The Bertz CT molecular complexity index is 732. The predicted molar refractivity (Wildman–Crippen MR) is 87.9 cm³/mol. The molecule has 0 saturated heterocycles. The average Bonchev–Trinajstić information content (AvgIpc) is 2.47. The first-order valence-electron chi connectivity index (χ1n) is 6.92. The molecule has 0 aliphatic carbocycles. The van der Waals surface area contributed by atoms with Gasteiger partial charge in [-0.05, 0) is 49.2 Å². The molecule has 0 heterocycles. The van der Waals surface area contributed by atoms with E-state index in [9.17, 15) is 8.42 Å². The van der Waals surface area contributed by atoms with Crippen molar-refractivity contribution in [2.24, 2.45) is 0 Å². The van der Waals surface area contributed by atoms with Crippen LogP contribution in [-0.2, 0) is 10.0 Å². The summed E-state index contributed by atoms with van der Waals surface area (Å²) in [5.41, 5.74) is 1.12. The van der Waals surface area contributed by atoms with Gasteiger partial charge in [0.15, 0.2) is 0 Å². The lowest BCUT2D eigenvalue weighted by Gasteiger charge is -2.09. The molecule has 0 atom stereocenters. The van der Waals surface area contributed by atoms with Crippen LogP contribution in [0, 0.1) is 6.92 Å². The normalized spacial score (nSPS) is 11.4. The van der Waals surface area contributed by atoms with E-state index in [2.05, 4.69) is 4.72 Å². The molecule has 22 heavy (non-hydrogen) atoms. The van der Waals surface area contributed by atoms with Gasteiger partial charge in [-0.3, -0.25) is 0 Å². The minimum atomic E-state index is -3.52. The Balaban J connectivity index is 1.79. The van der Waals surface area contributed by atoms with Crippen molar-refractivity contribution in [3.8, 4) is 5.75 Å². The van der Waals surface area contributed by atoms with Crippen molar-refractivity contribution in [3.63, 3.8) is 0 Å². The standard InChI is InChI=1S/C16H18ClNO3S/c1-13-5-2-7-15(11-13)21-10-4-9-18-22(19,20)16-8-3-6-14(17)12-16/h2-3,5-8,11-12,18H,4,9-10H2,1H3. The fourth-order valence-electron chi connectivity index (χ4n) is 1.89. The van der Waals surface area contributed by atoms with Gasteiger partial charge in [-0.15, -0.1) is 0 Å². The van der Waals surface area contributed by atoms with Crippen LogP contribution in [-0.4, -0.2) is 21.6 Å². The van der Waals surface area contributed by atoms with E-state index < -0.39 is 10.0 Å². The summed E-state index contributed by atoms with van der Waals surface area (Å²) in [5, 5.41) is 0.394. The van der Waals surface area contributed by atoms with Crippen LogP contribution in [0.5, 0.6) is 5.75 Å². The molecule has 0 aliphatic rings. The van der Waals surface area contributed by atoms with Crippen molar-refractivity contribution in [2.75, 3.05) is 13.2 Å². The van der Waals surface area contributed by atoms with Gasteiger partial charge in [-0.25, -0.2) is 13.1 Å². The molecular formula is C16H18ClNO3S. The largest absolute Gasteiger partial charge is 0.494 e. The lowest BCUT2D eigenvalue weighted by Crippen LogP contribution is -2.25. The monoisotopic (exact) mass is 339 g/mol. The number of aryl methyl sites for hydroxylation is 1. The van der Waals surface area contributed by atoms with Crippen LogP contribution in [0.1, 0.15) is 12.0 Å². The summed E-state index contributed by atoms with van der Waals surface area (Å²) < 4.78 is 32.2. The second-order valence-electron chi connectivity index (χ2n) is 4.87. The van der Waals surface area contributed by atoms with Crippen molar-refractivity contribution < 1.29 is 13.2 Å². The zero-order chi connectivity index (χ0) is 16.0.